The lowest BCUT2D eigenvalue weighted by Gasteiger charge is -2.20. The molecule has 0 radical (unpaired) electrons. The quantitative estimate of drug-likeness (QED) is 0.458. The lowest BCUT2D eigenvalue weighted by Crippen LogP contribution is -2.29. The predicted molar refractivity (Wildman–Crippen MR) is 137 cm³/mol. The Morgan fingerprint density at radius 3 is 2.38 bits per heavy atom. The van der Waals surface area contributed by atoms with Crippen molar-refractivity contribution in [2.45, 2.75) is 52.6 Å². The van der Waals surface area contributed by atoms with Crippen molar-refractivity contribution in [1.82, 2.24) is 9.88 Å². The van der Waals surface area contributed by atoms with E-state index in [9.17, 15) is 4.79 Å². The van der Waals surface area contributed by atoms with Crippen LogP contribution in [0.5, 0.6) is 11.5 Å². The molecule has 0 unspecified atom stereocenters. The van der Waals surface area contributed by atoms with Crippen molar-refractivity contribution in [3.05, 3.63) is 75.2 Å². The van der Waals surface area contributed by atoms with Crippen LogP contribution in [0, 0.1) is 12.8 Å². The zero-order chi connectivity index (χ0) is 24.2. The Hall–Kier alpha value is -2.86. The molecule has 3 aromatic rings. The summed E-state index contributed by atoms with van der Waals surface area (Å²) in [7, 11) is 1.68. The summed E-state index contributed by atoms with van der Waals surface area (Å²) in [5, 5.41) is 2.78. The molecule has 2 heterocycles. The van der Waals surface area contributed by atoms with Crippen molar-refractivity contribution >= 4 is 17.2 Å². The largest absolute Gasteiger partial charge is 0.493 e. The number of benzene rings is 2. The Bertz CT molecular complexity index is 1120. The standard InChI is InChI=1S/C26H28N2O3S.C2H6/c1-16-13-28(26(29)23-15-32-17(2)27-23)14-22(16)20-8-9-24(30-3)25(12-20)31-21-10-18-6-4-5-7-19(18)11-21;1-2/h4-9,12,15-16,21-22H,10-11,13-14H2,1-3H3;1-2H3/t16-,22+;/m0./s1. The number of nitrogens with zero attached hydrogens (tertiary/aromatic N) is 2. The molecule has 2 aromatic carbocycles. The zero-order valence-electron chi connectivity index (χ0n) is 20.7. The van der Waals surface area contributed by atoms with Crippen LogP contribution in [0.15, 0.2) is 47.8 Å². The molecule has 0 bridgehead atoms. The molecule has 0 spiro atoms. The van der Waals surface area contributed by atoms with Crippen LogP contribution in [-0.4, -0.2) is 42.1 Å². The molecular weight excluding hydrogens is 444 g/mol. The smallest absolute Gasteiger partial charge is 0.273 e. The minimum Gasteiger partial charge on any atom is -0.493 e. The van der Waals surface area contributed by atoms with Gasteiger partial charge >= 0.3 is 0 Å². The van der Waals surface area contributed by atoms with Gasteiger partial charge in [0, 0.05) is 37.2 Å². The third-order valence-electron chi connectivity index (χ3n) is 6.66. The van der Waals surface area contributed by atoms with Gasteiger partial charge in [-0.15, -0.1) is 11.3 Å². The fourth-order valence-corrected chi connectivity index (χ4v) is 5.57. The minimum atomic E-state index is 0.0254. The van der Waals surface area contributed by atoms with Crippen molar-refractivity contribution in [3.63, 3.8) is 0 Å². The normalized spacial score (nSPS) is 19.4. The van der Waals surface area contributed by atoms with Gasteiger partial charge in [-0.05, 0) is 41.7 Å². The molecule has 6 heteroatoms. The predicted octanol–water partition coefficient (Wildman–Crippen LogP) is 5.91. The van der Waals surface area contributed by atoms with E-state index < -0.39 is 0 Å². The number of hydrogen-bond donors (Lipinski definition) is 0. The number of fused-ring (bicyclic) bond motifs is 1. The fourth-order valence-electron chi connectivity index (χ4n) is 4.99. The summed E-state index contributed by atoms with van der Waals surface area (Å²) in [5.41, 5.74) is 4.47. The summed E-state index contributed by atoms with van der Waals surface area (Å²) in [4.78, 5) is 19.2. The van der Waals surface area contributed by atoms with Gasteiger partial charge in [-0.3, -0.25) is 4.79 Å². The van der Waals surface area contributed by atoms with Gasteiger partial charge in [0.05, 0.1) is 12.1 Å². The number of likely N-dealkylation sites (tertiary alicyclic amines) is 1. The SMILES string of the molecule is CC.COc1ccc([C@@H]2CN(C(=O)c3csc(C)n3)C[C@@H]2C)cc1OC1Cc2ccccc2C1. The summed E-state index contributed by atoms with van der Waals surface area (Å²) in [6.07, 6.45) is 1.95. The third-order valence-corrected chi connectivity index (χ3v) is 7.43. The molecule has 1 amide bonds. The number of carbonyl (C=O) groups excluding carboxylic acids is 1. The number of aryl methyl sites for hydroxylation is 1. The minimum absolute atomic E-state index is 0.0254. The third kappa shape index (κ3) is 4.97. The van der Waals surface area contributed by atoms with Crippen LogP contribution in [0.4, 0.5) is 0 Å². The van der Waals surface area contributed by atoms with Gasteiger partial charge in [0.25, 0.3) is 5.91 Å². The van der Waals surface area contributed by atoms with Gasteiger partial charge < -0.3 is 14.4 Å². The number of thiazole rings is 1. The first-order valence-electron chi connectivity index (χ1n) is 12.1. The first kappa shape index (κ1) is 24.3. The van der Waals surface area contributed by atoms with Crippen molar-refractivity contribution in [1.29, 1.82) is 0 Å². The molecule has 1 saturated heterocycles. The highest BCUT2D eigenvalue weighted by molar-refractivity contribution is 7.09. The maximum atomic E-state index is 12.9. The van der Waals surface area contributed by atoms with E-state index >= 15 is 0 Å². The molecule has 180 valence electrons. The number of ether oxygens (including phenoxy) is 2. The highest BCUT2D eigenvalue weighted by atomic mass is 32.1. The Balaban J connectivity index is 0.00000133. The Morgan fingerprint density at radius 2 is 1.76 bits per heavy atom. The maximum Gasteiger partial charge on any atom is 0.273 e. The van der Waals surface area contributed by atoms with E-state index in [-0.39, 0.29) is 17.9 Å². The van der Waals surface area contributed by atoms with Gasteiger partial charge in [0.2, 0.25) is 0 Å². The average molecular weight is 479 g/mol. The second kappa shape index (κ2) is 10.6. The van der Waals surface area contributed by atoms with Gasteiger partial charge in [-0.2, -0.15) is 0 Å². The monoisotopic (exact) mass is 478 g/mol. The summed E-state index contributed by atoms with van der Waals surface area (Å²) < 4.78 is 12.0. The summed E-state index contributed by atoms with van der Waals surface area (Å²) >= 11 is 1.52. The highest BCUT2D eigenvalue weighted by Gasteiger charge is 2.35. The van der Waals surface area contributed by atoms with E-state index in [0.29, 0.717) is 18.2 Å². The molecular formula is C28H34N2O3S. The van der Waals surface area contributed by atoms with Crippen LogP contribution < -0.4 is 9.47 Å². The van der Waals surface area contributed by atoms with Gasteiger partial charge in [-0.25, -0.2) is 4.98 Å². The summed E-state index contributed by atoms with van der Waals surface area (Å²) in [6, 6.07) is 14.8. The Labute approximate surface area is 206 Å². The van der Waals surface area contributed by atoms with Crippen LogP contribution >= 0.6 is 11.3 Å². The number of hydrogen-bond acceptors (Lipinski definition) is 5. The number of amides is 1. The second-order valence-electron chi connectivity index (χ2n) is 8.87. The Morgan fingerprint density at radius 1 is 1.06 bits per heavy atom. The van der Waals surface area contributed by atoms with E-state index in [2.05, 4.69) is 48.3 Å². The first-order chi connectivity index (χ1) is 16.5. The van der Waals surface area contributed by atoms with E-state index in [1.165, 1.54) is 28.0 Å². The molecule has 1 aromatic heterocycles. The number of rotatable bonds is 5. The van der Waals surface area contributed by atoms with Crippen molar-refractivity contribution in [2.75, 3.05) is 20.2 Å². The van der Waals surface area contributed by atoms with Crippen molar-refractivity contribution in [2.24, 2.45) is 5.92 Å². The molecule has 1 aliphatic carbocycles. The summed E-state index contributed by atoms with van der Waals surface area (Å²) in [5.74, 6) is 2.18. The molecule has 2 atom stereocenters. The Kier molecular flexibility index (Phi) is 7.57. The van der Waals surface area contributed by atoms with E-state index in [1.807, 2.05) is 37.1 Å². The topological polar surface area (TPSA) is 51.7 Å². The molecule has 0 saturated carbocycles. The van der Waals surface area contributed by atoms with Crippen LogP contribution in [0.2, 0.25) is 0 Å². The molecule has 5 rings (SSSR count). The van der Waals surface area contributed by atoms with Crippen molar-refractivity contribution in [3.8, 4) is 11.5 Å². The van der Waals surface area contributed by atoms with Crippen molar-refractivity contribution < 1.29 is 14.3 Å². The number of aromatic nitrogens is 1. The number of methoxy groups -OCH3 is 1. The highest BCUT2D eigenvalue weighted by Crippen LogP contribution is 2.39. The van der Waals surface area contributed by atoms with Crippen LogP contribution in [0.3, 0.4) is 0 Å². The van der Waals surface area contributed by atoms with Crippen LogP contribution in [-0.2, 0) is 12.8 Å². The second-order valence-corrected chi connectivity index (χ2v) is 9.94. The van der Waals surface area contributed by atoms with E-state index in [1.54, 1.807) is 7.11 Å². The molecule has 1 aliphatic heterocycles. The van der Waals surface area contributed by atoms with E-state index in [0.717, 1.165) is 35.9 Å². The van der Waals surface area contributed by atoms with Gasteiger partial charge in [0.15, 0.2) is 11.5 Å². The first-order valence-corrected chi connectivity index (χ1v) is 13.0. The molecule has 34 heavy (non-hydrogen) atoms. The van der Waals surface area contributed by atoms with Gasteiger partial charge in [-0.1, -0.05) is 51.1 Å². The molecule has 1 fully saturated rings. The maximum absolute atomic E-state index is 12.9. The lowest BCUT2D eigenvalue weighted by molar-refractivity contribution is 0.0781. The van der Waals surface area contributed by atoms with E-state index in [4.69, 9.17) is 9.47 Å². The van der Waals surface area contributed by atoms with Crippen LogP contribution in [0.25, 0.3) is 0 Å². The van der Waals surface area contributed by atoms with Gasteiger partial charge in [0.1, 0.15) is 11.8 Å². The fraction of sp³-hybridized carbons (Fsp3) is 0.429. The number of carbonyl (C=O) groups is 1. The summed E-state index contributed by atoms with van der Waals surface area (Å²) in [6.45, 7) is 9.57. The zero-order valence-corrected chi connectivity index (χ0v) is 21.5. The molecule has 2 aliphatic rings. The van der Waals surface area contributed by atoms with Crippen LogP contribution in [0.1, 0.15) is 58.9 Å². The molecule has 5 nitrogen and oxygen atoms in total. The lowest BCUT2D eigenvalue weighted by atomic mass is 9.90. The average Bonchev–Trinajstić information content (AvgIpc) is 3.57. The molecule has 0 N–H and O–H groups in total.